The standard InChI is InChI=1S/C15H19NO5/c17-13(14(18)19)12(8-10-6-7-10)16-15(20)21-9-11-4-2-1-3-5-11/h1-5,10,12-13,17H,6-9H2,(H,16,20)(H,18,19)/t12-,13-/m0/s1. The minimum Gasteiger partial charge on any atom is -0.479 e. The molecule has 1 aromatic carbocycles. The normalized spacial score (nSPS) is 16.8. The highest BCUT2D eigenvalue weighted by Gasteiger charge is 2.33. The number of hydrogen-bond acceptors (Lipinski definition) is 4. The molecule has 1 fully saturated rings. The summed E-state index contributed by atoms with van der Waals surface area (Å²) >= 11 is 0. The molecule has 1 saturated carbocycles. The van der Waals surface area contributed by atoms with Crippen LogP contribution in [0.3, 0.4) is 0 Å². The van der Waals surface area contributed by atoms with Crippen LogP contribution in [0.1, 0.15) is 24.8 Å². The molecule has 0 saturated heterocycles. The topological polar surface area (TPSA) is 95.9 Å². The minimum absolute atomic E-state index is 0.103. The van der Waals surface area contributed by atoms with E-state index in [0.717, 1.165) is 18.4 Å². The van der Waals surface area contributed by atoms with Crippen LogP contribution in [0.2, 0.25) is 0 Å². The van der Waals surface area contributed by atoms with E-state index in [4.69, 9.17) is 9.84 Å². The first-order valence-electron chi connectivity index (χ1n) is 6.94. The largest absolute Gasteiger partial charge is 0.479 e. The highest BCUT2D eigenvalue weighted by Crippen LogP contribution is 2.34. The molecule has 114 valence electrons. The smallest absolute Gasteiger partial charge is 0.407 e. The summed E-state index contributed by atoms with van der Waals surface area (Å²) < 4.78 is 5.04. The second kappa shape index (κ2) is 7.08. The average Bonchev–Trinajstić information content (AvgIpc) is 3.28. The lowest BCUT2D eigenvalue weighted by atomic mass is 10.0. The molecule has 0 aliphatic heterocycles. The maximum atomic E-state index is 11.7. The van der Waals surface area contributed by atoms with Gasteiger partial charge in [-0.1, -0.05) is 43.2 Å². The van der Waals surface area contributed by atoms with Crippen LogP contribution in [-0.2, 0) is 16.1 Å². The fourth-order valence-electron chi connectivity index (χ4n) is 2.07. The summed E-state index contributed by atoms with van der Waals surface area (Å²) in [4.78, 5) is 22.6. The van der Waals surface area contributed by atoms with Gasteiger partial charge in [0.2, 0.25) is 0 Å². The van der Waals surface area contributed by atoms with Gasteiger partial charge in [-0.05, 0) is 17.9 Å². The molecule has 1 amide bonds. The van der Waals surface area contributed by atoms with E-state index in [1.165, 1.54) is 0 Å². The van der Waals surface area contributed by atoms with Crippen LogP contribution in [0.4, 0.5) is 4.79 Å². The molecule has 0 spiro atoms. The molecule has 1 aliphatic rings. The minimum atomic E-state index is -1.62. The first kappa shape index (κ1) is 15.3. The third kappa shape index (κ3) is 5.07. The van der Waals surface area contributed by atoms with Crippen molar-refractivity contribution >= 4 is 12.1 Å². The Bertz CT molecular complexity index is 486. The van der Waals surface area contributed by atoms with E-state index in [-0.39, 0.29) is 6.61 Å². The van der Waals surface area contributed by atoms with E-state index in [0.29, 0.717) is 12.3 Å². The van der Waals surface area contributed by atoms with Crippen molar-refractivity contribution in [1.29, 1.82) is 0 Å². The number of aliphatic hydroxyl groups excluding tert-OH is 1. The summed E-state index contributed by atoms with van der Waals surface area (Å²) in [5, 5.41) is 20.9. The number of benzene rings is 1. The number of carboxylic acid groups (broad SMARTS) is 1. The zero-order valence-electron chi connectivity index (χ0n) is 11.6. The second-order valence-electron chi connectivity index (χ2n) is 5.27. The van der Waals surface area contributed by atoms with E-state index in [1.54, 1.807) is 0 Å². The Balaban J connectivity index is 1.83. The lowest BCUT2D eigenvalue weighted by Gasteiger charge is -2.21. The second-order valence-corrected chi connectivity index (χ2v) is 5.27. The van der Waals surface area contributed by atoms with Crippen molar-refractivity contribution in [3.8, 4) is 0 Å². The number of hydrogen-bond donors (Lipinski definition) is 3. The maximum absolute atomic E-state index is 11.7. The first-order valence-corrected chi connectivity index (χ1v) is 6.94. The molecule has 0 aromatic heterocycles. The van der Waals surface area contributed by atoms with Gasteiger partial charge >= 0.3 is 12.1 Å². The van der Waals surface area contributed by atoms with Crippen LogP contribution in [0.15, 0.2) is 30.3 Å². The predicted octanol–water partition coefficient (Wildman–Crippen LogP) is 1.53. The lowest BCUT2D eigenvalue weighted by molar-refractivity contribution is -0.148. The molecule has 3 N–H and O–H groups in total. The number of carbonyl (C=O) groups excluding carboxylic acids is 1. The van der Waals surface area contributed by atoms with Crippen molar-refractivity contribution in [3.05, 3.63) is 35.9 Å². The molecule has 1 aromatic rings. The first-order chi connectivity index (χ1) is 10.1. The predicted molar refractivity (Wildman–Crippen MR) is 74.5 cm³/mol. The van der Waals surface area contributed by atoms with Crippen molar-refractivity contribution in [3.63, 3.8) is 0 Å². The number of aliphatic carboxylic acids is 1. The van der Waals surface area contributed by atoms with Gasteiger partial charge in [0.05, 0.1) is 6.04 Å². The number of nitrogens with one attached hydrogen (secondary N) is 1. The fraction of sp³-hybridized carbons (Fsp3) is 0.467. The van der Waals surface area contributed by atoms with Crippen molar-refractivity contribution in [1.82, 2.24) is 5.32 Å². The Hall–Kier alpha value is -2.08. The SMILES string of the molecule is O=C(N[C@@H](CC1CC1)[C@H](O)C(=O)O)OCc1ccccc1. The van der Waals surface area contributed by atoms with Crippen molar-refractivity contribution < 1.29 is 24.5 Å². The number of carboxylic acids is 1. The Kier molecular flexibility index (Phi) is 5.16. The Morgan fingerprint density at radius 2 is 1.95 bits per heavy atom. The van der Waals surface area contributed by atoms with E-state index in [9.17, 15) is 14.7 Å². The summed E-state index contributed by atoms with van der Waals surface area (Å²) in [5.74, 6) is -0.970. The Labute approximate surface area is 122 Å². The molecule has 1 aliphatic carbocycles. The van der Waals surface area contributed by atoms with Crippen LogP contribution >= 0.6 is 0 Å². The summed E-state index contributed by atoms with van der Waals surface area (Å²) in [5.41, 5.74) is 0.838. The van der Waals surface area contributed by atoms with Gasteiger partial charge < -0.3 is 20.3 Å². The summed E-state index contributed by atoms with van der Waals surface area (Å²) in [6.45, 7) is 0.103. The van der Waals surface area contributed by atoms with Gasteiger partial charge in [0.1, 0.15) is 6.61 Å². The molecular weight excluding hydrogens is 274 g/mol. The van der Waals surface area contributed by atoms with Crippen molar-refractivity contribution in [2.75, 3.05) is 0 Å². The molecule has 2 rings (SSSR count). The number of rotatable bonds is 7. The van der Waals surface area contributed by atoms with Gasteiger partial charge in [0, 0.05) is 0 Å². The molecule has 6 nitrogen and oxygen atoms in total. The molecular formula is C15H19NO5. The zero-order chi connectivity index (χ0) is 15.2. The summed E-state index contributed by atoms with van der Waals surface area (Å²) in [6.07, 6.45) is 0.126. The van der Waals surface area contributed by atoms with E-state index in [1.807, 2.05) is 30.3 Å². The van der Waals surface area contributed by atoms with Crippen LogP contribution in [0.25, 0.3) is 0 Å². The fourth-order valence-corrected chi connectivity index (χ4v) is 2.07. The molecule has 0 radical (unpaired) electrons. The zero-order valence-corrected chi connectivity index (χ0v) is 11.6. The molecule has 0 bridgehead atoms. The summed E-state index contributed by atoms with van der Waals surface area (Å²) in [7, 11) is 0. The van der Waals surface area contributed by atoms with Gasteiger partial charge in [-0.3, -0.25) is 0 Å². The van der Waals surface area contributed by atoms with Crippen molar-refractivity contribution in [2.24, 2.45) is 5.92 Å². The molecule has 21 heavy (non-hydrogen) atoms. The van der Waals surface area contributed by atoms with Gasteiger partial charge in [-0.25, -0.2) is 9.59 Å². The Morgan fingerprint density at radius 1 is 1.29 bits per heavy atom. The lowest BCUT2D eigenvalue weighted by Crippen LogP contribution is -2.47. The quantitative estimate of drug-likeness (QED) is 0.708. The van der Waals surface area contributed by atoms with Crippen LogP contribution in [0.5, 0.6) is 0 Å². The Morgan fingerprint density at radius 3 is 2.52 bits per heavy atom. The number of carbonyl (C=O) groups is 2. The molecule has 2 atom stereocenters. The van der Waals surface area contributed by atoms with Crippen molar-refractivity contribution in [2.45, 2.75) is 38.0 Å². The van der Waals surface area contributed by atoms with Crippen LogP contribution in [-0.4, -0.2) is 34.4 Å². The highest BCUT2D eigenvalue weighted by molar-refractivity contribution is 5.75. The third-order valence-electron chi connectivity index (χ3n) is 3.43. The van der Waals surface area contributed by atoms with Gasteiger partial charge in [0.25, 0.3) is 0 Å². The van der Waals surface area contributed by atoms with E-state index >= 15 is 0 Å². The highest BCUT2D eigenvalue weighted by atomic mass is 16.5. The molecule has 6 heteroatoms. The van der Waals surface area contributed by atoms with Crippen LogP contribution < -0.4 is 5.32 Å². The number of ether oxygens (including phenoxy) is 1. The van der Waals surface area contributed by atoms with E-state index in [2.05, 4.69) is 5.32 Å². The molecule has 0 heterocycles. The summed E-state index contributed by atoms with van der Waals surface area (Å²) in [6, 6.07) is 8.35. The monoisotopic (exact) mass is 293 g/mol. The van der Waals surface area contributed by atoms with Gasteiger partial charge in [-0.15, -0.1) is 0 Å². The maximum Gasteiger partial charge on any atom is 0.407 e. The number of alkyl carbamates (subject to hydrolysis) is 1. The third-order valence-corrected chi connectivity index (χ3v) is 3.43. The number of aliphatic hydroxyl groups is 1. The average molecular weight is 293 g/mol. The molecule has 0 unspecified atom stereocenters. The number of amides is 1. The van der Waals surface area contributed by atoms with Gasteiger partial charge in [0.15, 0.2) is 6.10 Å². The van der Waals surface area contributed by atoms with Crippen LogP contribution in [0, 0.1) is 5.92 Å². The van der Waals surface area contributed by atoms with E-state index < -0.39 is 24.2 Å². The van der Waals surface area contributed by atoms with Gasteiger partial charge in [-0.2, -0.15) is 0 Å².